The highest BCUT2D eigenvalue weighted by Gasteiger charge is 2.21. The Hall–Kier alpha value is -2.12. The van der Waals surface area contributed by atoms with Crippen molar-refractivity contribution in [3.63, 3.8) is 0 Å². The van der Waals surface area contributed by atoms with E-state index < -0.39 is 10.0 Å². The van der Waals surface area contributed by atoms with Crippen molar-refractivity contribution in [3.05, 3.63) is 48.7 Å². The van der Waals surface area contributed by atoms with E-state index in [2.05, 4.69) is 10.4 Å². The summed E-state index contributed by atoms with van der Waals surface area (Å²) in [6.45, 7) is 0. The first-order valence-corrected chi connectivity index (χ1v) is 6.96. The summed E-state index contributed by atoms with van der Waals surface area (Å²) in [6.07, 6.45) is 1.27. The Morgan fingerprint density at radius 3 is 2.37 bits per heavy atom. The van der Waals surface area contributed by atoms with Gasteiger partial charge in [-0.3, -0.25) is 4.31 Å². The molecule has 0 unspecified atom stereocenters. The summed E-state index contributed by atoms with van der Waals surface area (Å²) in [4.78, 5) is 4.01. The van der Waals surface area contributed by atoms with Crippen LogP contribution in [0.4, 0.5) is 11.5 Å². The highest BCUT2D eigenvalue weighted by Crippen LogP contribution is 2.21. The van der Waals surface area contributed by atoms with Crippen LogP contribution < -0.4 is 15.6 Å². The zero-order chi connectivity index (χ0) is 13.9. The number of para-hydroxylation sites is 1. The molecule has 19 heavy (non-hydrogen) atoms. The van der Waals surface area contributed by atoms with Gasteiger partial charge in [-0.25, -0.2) is 19.2 Å². The number of sulfonamides is 1. The van der Waals surface area contributed by atoms with Gasteiger partial charge in [-0.2, -0.15) is 0 Å². The molecule has 7 heteroatoms. The lowest BCUT2D eigenvalue weighted by Crippen LogP contribution is -2.26. The van der Waals surface area contributed by atoms with Gasteiger partial charge >= 0.3 is 0 Å². The van der Waals surface area contributed by atoms with Crippen LogP contribution >= 0.6 is 0 Å². The fourth-order valence-electron chi connectivity index (χ4n) is 1.55. The third-order valence-electron chi connectivity index (χ3n) is 2.66. The van der Waals surface area contributed by atoms with E-state index in [4.69, 9.17) is 5.84 Å². The van der Waals surface area contributed by atoms with Gasteiger partial charge in [0.25, 0.3) is 10.0 Å². The Kier molecular flexibility index (Phi) is 3.68. The van der Waals surface area contributed by atoms with Crippen LogP contribution in [0.2, 0.25) is 0 Å². The Morgan fingerprint density at radius 2 is 1.84 bits per heavy atom. The topological polar surface area (TPSA) is 88.3 Å². The van der Waals surface area contributed by atoms with E-state index >= 15 is 0 Å². The van der Waals surface area contributed by atoms with Crippen LogP contribution in [-0.2, 0) is 10.0 Å². The molecule has 0 spiro atoms. The summed E-state index contributed by atoms with van der Waals surface area (Å²) in [7, 11) is -2.12. The zero-order valence-electron chi connectivity index (χ0n) is 10.3. The minimum Gasteiger partial charge on any atom is -0.308 e. The quantitative estimate of drug-likeness (QED) is 0.648. The first-order chi connectivity index (χ1) is 9.05. The summed E-state index contributed by atoms with van der Waals surface area (Å²) < 4.78 is 25.9. The van der Waals surface area contributed by atoms with Crippen molar-refractivity contribution in [3.8, 4) is 0 Å². The molecule has 0 amide bonds. The zero-order valence-corrected chi connectivity index (χ0v) is 11.1. The van der Waals surface area contributed by atoms with Crippen LogP contribution in [-0.4, -0.2) is 20.4 Å². The van der Waals surface area contributed by atoms with Crippen molar-refractivity contribution in [2.75, 3.05) is 16.8 Å². The van der Waals surface area contributed by atoms with Crippen LogP contribution in [0.3, 0.4) is 0 Å². The second-order valence-electron chi connectivity index (χ2n) is 3.83. The fourth-order valence-corrected chi connectivity index (χ4v) is 2.69. The van der Waals surface area contributed by atoms with Crippen LogP contribution in [0.15, 0.2) is 53.6 Å². The summed E-state index contributed by atoms with van der Waals surface area (Å²) >= 11 is 0. The van der Waals surface area contributed by atoms with Crippen molar-refractivity contribution in [2.24, 2.45) is 5.84 Å². The van der Waals surface area contributed by atoms with Crippen LogP contribution in [0.5, 0.6) is 0 Å². The molecule has 6 nitrogen and oxygen atoms in total. The Bertz CT molecular complexity index is 641. The van der Waals surface area contributed by atoms with Crippen LogP contribution in [0, 0.1) is 0 Å². The van der Waals surface area contributed by atoms with Crippen molar-refractivity contribution in [1.29, 1.82) is 0 Å². The molecule has 1 aromatic heterocycles. The van der Waals surface area contributed by atoms with Crippen molar-refractivity contribution in [2.45, 2.75) is 4.90 Å². The molecule has 0 saturated heterocycles. The fraction of sp³-hybridized carbons (Fsp3) is 0.0833. The SMILES string of the molecule is CN(c1ccccc1)S(=O)(=O)c1ccc(NN)nc1. The molecular weight excluding hydrogens is 264 g/mol. The van der Waals surface area contributed by atoms with E-state index in [0.717, 1.165) is 0 Å². The first kappa shape index (κ1) is 13.3. The molecule has 2 aromatic rings. The number of hydrogen-bond donors (Lipinski definition) is 2. The Labute approximate surface area is 111 Å². The molecule has 1 aromatic carbocycles. The van der Waals surface area contributed by atoms with Crippen molar-refractivity contribution >= 4 is 21.5 Å². The molecule has 0 fully saturated rings. The monoisotopic (exact) mass is 278 g/mol. The summed E-state index contributed by atoms with van der Waals surface area (Å²) in [6, 6.07) is 11.8. The lowest BCUT2D eigenvalue weighted by molar-refractivity contribution is 0.594. The first-order valence-electron chi connectivity index (χ1n) is 5.52. The lowest BCUT2D eigenvalue weighted by Gasteiger charge is -2.19. The van der Waals surface area contributed by atoms with Crippen LogP contribution in [0.25, 0.3) is 0 Å². The Morgan fingerprint density at radius 1 is 1.16 bits per heavy atom. The van der Waals surface area contributed by atoms with Gasteiger partial charge in [0.2, 0.25) is 0 Å². The molecular formula is C12H14N4O2S. The predicted molar refractivity (Wildman–Crippen MR) is 74.1 cm³/mol. The third-order valence-corrected chi connectivity index (χ3v) is 4.43. The van der Waals surface area contributed by atoms with E-state index in [1.807, 2.05) is 6.07 Å². The standard InChI is InChI=1S/C12H14N4O2S/c1-16(10-5-3-2-4-6-10)19(17,18)11-7-8-12(15-13)14-9-11/h2-9H,13H2,1H3,(H,14,15). The van der Waals surface area contributed by atoms with Crippen molar-refractivity contribution < 1.29 is 8.42 Å². The summed E-state index contributed by atoms with van der Waals surface area (Å²) in [5, 5.41) is 0. The van der Waals surface area contributed by atoms with Gasteiger partial charge in [-0.15, -0.1) is 0 Å². The largest absolute Gasteiger partial charge is 0.308 e. The normalized spacial score (nSPS) is 11.1. The maximum Gasteiger partial charge on any atom is 0.265 e. The van der Waals surface area contributed by atoms with E-state index in [1.165, 1.54) is 29.7 Å². The smallest absolute Gasteiger partial charge is 0.265 e. The van der Waals surface area contributed by atoms with Crippen LogP contribution in [0.1, 0.15) is 0 Å². The molecule has 0 aliphatic heterocycles. The predicted octanol–water partition coefficient (Wildman–Crippen LogP) is 1.19. The molecule has 0 aliphatic carbocycles. The number of anilines is 2. The number of aromatic nitrogens is 1. The van der Waals surface area contributed by atoms with Crippen molar-refractivity contribution in [1.82, 2.24) is 4.98 Å². The van der Waals surface area contributed by atoms with E-state index in [-0.39, 0.29) is 4.90 Å². The minimum atomic E-state index is -3.61. The molecule has 100 valence electrons. The third kappa shape index (κ3) is 2.67. The van der Waals surface area contributed by atoms with Gasteiger partial charge in [0.15, 0.2) is 0 Å². The van der Waals surface area contributed by atoms with Gasteiger partial charge in [-0.05, 0) is 24.3 Å². The number of rotatable bonds is 4. The number of nitrogen functional groups attached to an aromatic ring is 1. The second-order valence-corrected chi connectivity index (χ2v) is 5.80. The maximum atomic E-state index is 12.4. The highest BCUT2D eigenvalue weighted by atomic mass is 32.2. The minimum absolute atomic E-state index is 0.109. The number of benzene rings is 1. The average Bonchev–Trinajstić information content (AvgIpc) is 2.47. The number of nitrogens with two attached hydrogens (primary N) is 1. The molecule has 0 radical (unpaired) electrons. The second kappa shape index (κ2) is 5.25. The van der Waals surface area contributed by atoms with Gasteiger partial charge in [0, 0.05) is 13.2 Å². The molecule has 0 aliphatic rings. The average molecular weight is 278 g/mol. The number of nitrogens with zero attached hydrogens (tertiary/aromatic N) is 2. The number of pyridine rings is 1. The number of hydrogen-bond acceptors (Lipinski definition) is 5. The summed E-state index contributed by atoms with van der Waals surface area (Å²) in [5.41, 5.74) is 2.93. The molecule has 0 saturated carbocycles. The van der Waals surface area contributed by atoms with E-state index in [1.54, 1.807) is 24.3 Å². The summed E-state index contributed by atoms with van der Waals surface area (Å²) in [5.74, 6) is 5.59. The molecule has 3 N–H and O–H groups in total. The molecule has 2 rings (SSSR count). The molecule has 0 bridgehead atoms. The number of nitrogens with one attached hydrogen (secondary N) is 1. The van der Waals surface area contributed by atoms with Gasteiger partial charge in [0.05, 0.1) is 5.69 Å². The Balaban J connectivity index is 2.36. The highest BCUT2D eigenvalue weighted by molar-refractivity contribution is 7.92. The van der Waals surface area contributed by atoms with E-state index in [9.17, 15) is 8.42 Å². The van der Waals surface area contributed by atoms with E-state index in [0.29, 0.717) is 11.5 Å². The lowest BCUT2D eigenvalue weighted by atomic mass is 10.3. The van der Waals surface area contributed by atoms with Gasteiger partial charge in [0.1, 0.15) is 10.7 Å². The maximum absolute atomic E-state index is 12.4. The molecule has 1 heterocycles. The van der Waals surface area contributed by atoms with Gasteiger partial charge < -0.3 is 5.43 Å². The number of hydrazine groups is 1. The van der Waals surface area contributed by atoms with Gasteiger partial charge in [-0.1, -0.05) is 18.2 Å². The molecule has 0 atom stereocenters.